The number of nitrogens with zero attached hydrogens (tertiary/aromatic N) is 6. The summed E-state index contributed by atoms with van der Waals surface area (Å²) in [4.78, 5) is 13.0. The molecule has 1 unspecified atom stereocenters. The lowest BCUT2D eigenvalue weighted by atomic mass is 10.0. The van der Waals surface area contributed by atoms with Gasteiger partial charge in [-0.1, -0.05) is 26.0 Å². The summed E-state index contributed by atoms with van der Waals surface area (Å²) in [5, 5.41) is 32.0. The standard InChI is InChI=1S/C24H33N7O2.C2H6/c1-5-7-21(27-15-22-30-28-16-31(22)18-10-11-18)29-23(32)19-14-17(12-13-26-19)8-6-9-20(25-4)24(2,3)33;1-2/h5-7,9,12-14,16,18,23,32-33H,8,10-11,15H2,1-4H3,(H,27,29);1-2H3/b7-5-,9-6-,25-20?;. The third kappa shape index (κ3) is 8.84. The van der Waals surface area contributed by atoms with E-state index in [-0.39, 0.29) is 0 Å². The van der Waals surface area contributed by atoms with Gasteiger partial charge in [0.05, 0.1) is 11.4 Å². The normalized spacial score (nSPS) is 15.9. The predicted molar refractivity (Wildman–Crippen MR) is 140 cm³/mol. The number of aromatic nitrogens is 4. The highest BCUT2D eigenvalue weighted by molar-refractivity contribution is 6.00. The van der Waals surface area contributed by atoms with Crippen LogP contribution in [0.15, 0.2) is 58.9 Å². The van der Waals surface area contributed by atoms with E-state index in [9.17, 15) is 10.2 Å². The maximum absolute atomic E-state index is 10.7. The lowest BCUT2D eigenvalue weighted by Crippen LogP contribution is -2.29. The molecule has 2 aromatic heterocycles. The Morgan fingerprint density at radius 2 is 2.06 bits per heavy atom. The fourth-order valence-corrected chi connectivity index (χ4v) is 3.34. The first-order valence-electron chi connectivity index (χ1n) is 12.1. The molecule has 35 heavy (non-hydrogen) atoms. The first kappa shape index (κ1) is 28.1. The molecule has 0 spiro atoms. The van der Waals surface area contributed by atoms with E-state index >= 15 is 0 Å². The van der Waals surface area contributed by atoms with Crippen molar-refractivity contribution in [3.05, 3.63) is 66.0 Å². The van der Waals surface area contributed by atoms with E-state index in [0.29, 0.717) is 36.2 Å². The number of aliphatic imine (C=N–C) groups is 2. The minimum Gasteiger partial charge on any atom is -0.384 e. The molecule has 2 heterocycles. The summed E-state index contributed by atoms with van der Waals surface area (Å²) >= 11 is 0. The molecule has 9 heteroatoms. The molecule has 0 amide bonds. The van der Waals surface area contributed by atoms with Crippen LogP contribution >= 0.6 is 0 Å². The third-order valence-electron chi connectivity index (χ3n) is 5.21. The third-order valence-corrected chi connectivity index (χ3v) is 5.21. The number of allylic oxidation sites excluding steroid dienone is 2. The lowest BCUT2D eigenvalue weighted by Gasteiger charge is -2.17. The van der Waals surface area contributed by atoms with Crippen LogP contribution in [0.5, 0.6) is 0 Å². The van der Waals surface area contributed by atoms with Gasteiger partial charge in [0.1, 0.15) is 24.3 Å². The molecule has 1 atom stereocenters. The highest BCUT2D eigenvalue weighted by Crippen LogP contribution is 2.35. The van der Waals surface area contributed by atoms with Crippen molar-refractivity contribution >= 4 is 11.5 Å². The zero-order chi connectivity index (χ0) is 25.8. The zero-order valence-corrected chi connectivity index (χ0v) is 21.7. The van der Waals surface area contributed by atoms with Gasteiger partial charge in [0, 0.05) is 19.3 Å². The van der Waals surface area contributed by atoms with Gasteiger partial charge < -0.3 is 20.1 Å². The molecule has 0 bridgehead atoms. The van der Waals surface area contributed by atoms with E-state index < -0.39 is 11.8 Å². The number of nitrogens with one attached hydrogen (secondary N) is 1. The fourth-order valence-electron chi connectivity index (χ4n) is 3.34. The number of hydrogen-bond donors (Lipinski definition) is 3. The fraction of sp³-hybridized carbons (Fsp3) is 0.500. The van der Waals surface area contributed by atoms with Crippen LogP contribution in [-0.4, -0.2) is 54.2 Å². The maximum Gasteiger partial charge on any atom is 0.169 e. The first-order valence-corrected chi connectivity index (χ1v) is 12.1. The summed E-state index contributed by atoms with van der Waals surface area (Å²) in [7, 11) is 1.66. The molecule has 2 aromatic rings. The molecule has 0 saturated heterocycles. The zero-order valence-electron chi connectivity index (χ0n) is 21.7. The van der Waals surface area contributed by atoms with Gasteiger partial charge in [0.2, 0.25) is 0 Å². The van der Waals surface area contributed by atoms with Gasteiger partial charge in [-0.25, -0.2) is 0 Å². The van der Waals surface area contributed by atoms with Crippen molar-refractivity contribution in [2.75, 3.05) is 7.05 Å². The summed E-state index contributed by atoms with van der Waals surface area (Å²) in [5.41, 5.74) is 1.07. The molecule has 1 aliphatic carbocycles. The SMILES string of the molecule is C/C=C\C(=NCc1nncn1C1CC1)NC(O)c1cc(C/C=C\C(=NC)C(C)(C)O)ccn1.CC. The van der Waals surface area contributed by atoms with Crippen molar-refractivity contribution in [2.45, 2.75) is 78.3 Å². The van der Waals surface area contributed by atoms with Gasteiger partial charge in [0.25, 0.3) is 0 Å². The summed E-state index contributed by atoms with van der Waals surface area (Å²) in [6.45, 7) is 9.66. The Bertz CT molecular complexity index is 1040. The van der Waals surface area contributed by atoms with E-state index in [2.05, 4.69) is 35.1 Å². The van der Waals surface area contributed by atoms with Crippen LogP contribution in [0.4, 0.5) is 0 Å². The number of aliphatic hydroxyl groups excluding tert-OH is 1. The van der Waals surface area contributed by atoms with Crippen molar-refractivity contribution < 1.29 is 10.2 Å². The first-order chi connectivity index (χ1) is 16.8. The molecule has 1 aliphatic rings. The maximum atomic E-state index is 10.7. The Morgan fingerprint density at radius 1 is 1.31 bits per heavy atom. The molecule has 3 N–H and O–H groups in total. The molecule has 190 valence electrons. The molecule has 0 aromatic carbocycles. The average molecular weight is 482 g/mol. The Morgan fingerprint density at radius 3 is 2.69 bits per heavy atom. The van der Waals surface area contributed by atoms with Crippen LogP contribution < -0.4 is 5.32 Å². The van der Waals surface area contributed by atoms with Gasteiger partial charge in [-0.3, -0.25) is 15.0 Å². The van der Waals surface area contributed by atoms with Gasteiger partial charge in [0.15, 0.2) is 12.1 Å². The molecule has 3 rings (SSSR count). The van der Waals surface area contributed by atoms with Gasteiger partial charge in [-0.05, 0) is 69.9 Å². The quantitative estimate of drug-likeness (QED) is 0.270. The van der Waals surface area contributed by atoms with Crippen LogP contribution in [0.25, 0.3) is 0 Å². The van der Waals surface area contributed by atoms with Crippen LogP contribution in [0.2, 0.25) is 0 Å². The Kier molecular flexibility index (Phi) is 10.9. The highest BCUT2D eigenvalue weighted by Gasteiger charge is 2.25. The molecule has 1 saturated carbocycles. The number of aliphatic hydroxyl groups is 2. The molecule has 1 fully saturated rings. The van der Waals surface area contributed by atoms with E-state index in [1.807, 2.05) is 51.1 Å². The smallest absolute Gasteiger partial charge is 0.169 e. The number of amidine groups is 1. The van der Waals surface area contributed by atoms with E-state index in [0.717, 1.165) is 24.2 Å². The Hall–Kier alpha value is -3.17. The van der Waals surface area contributed by atoms with Crippen LogP contribution in [0.1, 0.15) is 76.8 Å². The van der Waals surface area contributed by atoms with Gasteiger partial charge >= 0.3 is 0 Å². The van der Waals surface area contributed by atoms with E-state index in [4.69, 9.17) is 0 Å². The van der Waals surface area contributed by atoms with Gasteiger partial charge in [-0.2, -0.15) is 0 Å². The number of pyridine rings is 1. The second-order valence-corrected chi connectivity index (χ2v) is 8.50. The summed E-state index contributed by atoms with van der Waals surface area (Å²) in [6.07, 6.45) is 12.7. The lowest BCUT2D eigenvalue weighted by molar-refractivity contribution is 0.155. The Balaban J connectivity index is 0.00000210. The van der Waals surface area contributed by atoms with Crippen molar-refractivity contribution in [3.8, 4) is 0 Å². The van der Waals surface area contributed by atoms with Crippen LogP contribution in [0, 0.1) is 0 Å². The van der Waals surface area contributed by atoms with Crippen LogP contribution in [0.3, 0.4) is 0 Å². The summed E-state index contributed by atoms with van der Waals surface area (Å²) in [6, 6.07) is 4.21. The van der Waals surface area contributed by atoms with Crippen molar-refractivity contribution in [1.29, 1.82) is 0 Å². The average Bonchev–Trinajstić information content (AvgIpc) is 3.58. The molecular weight excluding hydrogens is 442 g/mol. The monoisotopic (exact) mass is 481 g/mol. The molecule has 0 aliphatic heterocycles. The number of rotatable bonds is 10. The summed E-state index contributed by atoms with van der Waals surface area (Å²) < 4.78 is 2.07. The van der Waals surface area contributed by atoms with Gasteiger partial charge in [-0.15, -0.1) is 10.2 Å². The van der Waals surface area contributed by atoms with Crippen molar-refractivity contribution in [2.24, 2.45) is 9.98 Å². The molecule has 0 radical (unpaired) electrons. The molecule has 9 nitrogen and oxygen atoms in total. The highest BCUT2D eigenvalue weighted by atomic mass is 16.3. The summed E-state index contributed by atoms with van der Waals surface area (Å²) in [5.74, 6) is 1.35. The van der Waals surface area contributed by atoms with Crippen LogP contribution in [-0.2, 0) is 13.0 Å². The second kappa shape index (κ2) is 13.7. The Labute approximate surface area is 208 Å². The van der Waals surface area contributed by atoms with E-state index in [1.165, 1.54) is 0 Å². The topological polar surface area (TPSA) is 121 Å². The second-order valence-electron chi connectivity index (χ2n) is 8.50. The predicted octanol–water partition coefficient (Wildman–Crippen LogP) is 3.73. The number of hydrogen-bond acceptors (Lipinski definition) is 7. The minimum absolute atomic E-state index is 0.372. The van der Waals surface area contributed by atoms with Crippen molar-refractivity contribution in [1.82, 2.24) is 25.1 Å². The minimum atomic E-state index is -1.02. The van der Waals surface area contributed by atoms with E-state index in [1.54, 1.807) is 39.5 Å². The molecular formula is C26H39N7O2. The van der Waals surface area contributed by atoms with Crippen molar-refractivity contribution in [3.63, 3.8) is 0 Å². The largest absolute Gasteiger partial charge is 0.384 e.